The quantitative estimate of drug-likeness (QED) is 0.371. The molecule has 4 rings (SSSR count). The molecule has 0 fully saturated rings. The predicted octanol–water partition coefficient (Wildman–Crippen LogP) is 5.76. The second-order valence-electron chi connectivity index (χ2n) is 6.01. The summed E-state index contributed by atoms with van der Waals surface area (Å²) in [5.74, 6) is 1.74. The van der Waals surface area contributed by atoms with E-state index < -0.39 is 0 Å². The first-order valence-corrected chi connectivity index (χ1v) is 8.31. The zero-order valence-electron chi connectivity index (χ0n) is 13.9. The van der Waals surface area contributed by atoms with Crippen LogP contribution >= 0.6 is 0 Å². The van der Waals surface area contributed by atoms with Crippen LogP contribution in [0.4, 0.5) is 0 Å². The smallest absolute Gasteiger partial charge is 0.131 e. The van der Waals surface area contributed by atoms with Gasteiger partial charge < -0.3 is 14.9 Å². The number of para-hydroxylation sites is 1. The van der Waals surface area contributed by atoms with Crippen molar-refractivity contribution in [2.24, 2.45) is 0 Å². The van der Waals surface area contributed by atoms with Crippen LogP contribution in [0.25, 0.3) is 21.5 Å². The summed E-state index contributed by atoms with van der Waals surface area (Å²) in [5, 5.41) is 23.6. The zero-order valence-corrected chi connectivity index (χ0v) is 13.9. The SMILES string of the molecule is CCc1ccccc1Oc1ccc2c(O)c3ccccc3c(O)c2c1. The van der Waals surface area contributed by atoms with Gasteiger partial charge in [-0.15, -0.1) is 0 Å². The maximum Gasteiger partial charge on any atom is 0.131 e. The van der Waals surface area contributed by atoms with E-state index in [4.69, 9.17) is 4.74 Å². The van der Waals surface area contributed by atoms with E-state index >= 15 is 0 Å². The number of ether oxygens (including phenoxy) is 1. The average Bonchev–Trinajstić information content (AvgIpc) is 2.66. The van der Waals surface area contributed by atoms with Gasteiger partial charge in [0.2, 0.25) is 0 Å². The van der Waals surface area contributed by atoms with Gasteiger partial charge in [0.1, 0.15) is 23.0 Å². The van der Waals surface area contributed by atoms with Crippen molar-refractivity contribution in [1.29, 1.82) is 0 Å². The van der Waals surface area contributed by atoms with Crippen LogP contribution in [0.3, 0.4) is 0 Å². The van der Waals surface area contributed by atoms with E-state index in [0.717, 1.165) is 17.7 Å². The van der Waals surface area contributed by atoms with E-state index in [0.29, 0.717) is 27.3 Å². The first-order valence-electron chi connectivity index (χ1n) is 8.31. The van der Waals surface area contributed by atoms with E-state index in [1.807, 2.05) is 42.5 Å². The Morgan fingerprint density at radius 2 is 1.32 bits per heavy atom. The summed E-state index contributed by atoms with van der Waals surface area (Å²) in [4.78, 5) is 0. The molecule has 4 aromatic rings. The number of phenolic OH excluding ortho intramolecular Hbond substituents is 2. The van der Waals surface area contributed by atoms with Crippen molar-refractivity contribution < 1.29 is 14.9 Å². The van der Waals surface area contributed by atoms with Crippen molar-refractivity contribution in [1.82, 2.24) is 0 Å². The Bertz CT molecular complexity index is 1080. The fourth-order valence-electron chi connectivity index (χ4n) is 3.20. The van der Waals surface area contributed by atoms with Gasteiger partial charge >= 0.3 is 0 Å². The Labute approximate surface area is 145 Å². The third-order valence-corrected chi connectivity index (χ3v) is 4.52. The van der Waals surface area contributed by atoms with Crippen molar-refractivity contribution >= 4 is 21.5 Å². The molecule has 0 saturated carbocycles. The number of hydrogen-bond acceptors (Lipinski definition) is 3. The molecular weight excluding hydrogens is 312 g/mol. The predicted molar refractivity (Wildman–Crippen MR) is 101 cm³/mol. The first-order chi connectivity index (χ1) is 12.2. The maximum atomic E-state index is 10.7. The molecule has 0 atom stereocenters. The Hall–Kier alpha value is -3.20. The summed E-state index contributed by atoms with van der Waals surface area (Å²) in [5.41, 5.74) is 1.12. The number of aromatic hydroxyl groups is 2. The molecule has 3 nitrogen and oxygen atoms in total. The fourth-order valence-corrected chi connectivity index (χ4v) is 3.20. The van der Waals surface area contributed by atoms with E-state index in [1.165, 1.54) is 0 Å². The van der Waals surface area contributed by atoms with Crippen LogP contribution in [0, 0.1) is 0 Å². The number of fused-ring (bicyclic) bond motifs is 2. The normalized spacial score (nSPS) is 11.1. The molecule has 0 unspecified atom stereocenters. The van der Waals surface area contributed by atoms with Gasteiger partial charge in [0.15, 0.2) is 0 Å². The van der Waals surface area contributed by atoms with Crippen LogP contribution in [-0.4, -0.2) is 10.2 Å². The van der Waals surface area contributed by atoms with Gasteiger partial charge in [-0.3, -0.25) is 0 Å². The molecule has 0 aliphatic heterocycles. The molecule has 0 aliphatic carbocycles. The lowest BCUT2D eigenvalue weighted by Gasteiger charge is -2.13. The van der Waals surface area contributed by atoms with Crippen molar-refractivity contribution in [3.8, 4) is 23.0 Å². The highest BCUT2D eigenvalue weighted by Crippen LogP contribution is 2.43. The van der Waals surface area contributed by atoms with E-state index in [-0.39, 0.29) is 11.5 Å². The number of phenols is 2. The average molecular weight is 330 g/mol. The molecule has 25 heavy (non-hydrogen) atoms. The van der Waals surface area contributed by atoms with Crippen molar-refractivity contribution in [3.05, 3.63) is 72.3 Å². The van der Waals surface area contributed by atoms with Crippen molar-refractivity contribution in [2.45, 2.75) is 13.3 Å². The van der Waals surface area contributed by atoms with E-state index in [1.54, 1.807) is 24.3 Å². The lowest BCUT2D eigenvalue weighted by Crippen LogP contribution is -1.90. The van der Waals surface area contributed by atoms with E-state index in [2.05, 4.69) is 6.92 Å². The summed E-state index contributed by atoms with van der Waals surface area (Å²) in [6.07, 6.45) is 0.875. The Balaban J connectivity index is 1.88. The molecule has 0 spiro atoms. The fraction of sp³-hybridized carbons (Fsp3) is 0.0909. The van der Waals surface area contributed by atoms with Gasteiger partial charge in [-0.05, 0) is 36.2 Å². The topological polar surface area (TPSA) is 49.7 Å². The molecule has 2 N–H and O–H groups in total. The van der Waals surface area contributed by atoms with Crippen LogP contribution in [0.2, 0.25) is 0 Å². The van der Waals surface area contributed by atoms with Crippen LogP contribution in [0.5, 0.6) is 23.0 Å². The second-order valence-corrected chi connectivity index (χ2v) is 6.01. The molecular formula is C22H18O3. The maximum absolute atomic E-state index is 10.7. The number of rotatable bonds is 3. The molecule has 0 amide bonds. The van der Waals surface area contributed by atoms with Crippen LogP contribution in [0.15, 0.2) is 66.7 Å². The standard InChI is InChI=1S/C22H18O3/c1-2-14-7-3-6-10-20(14)25-15-11-12-18-19(13-15)22(24)17-9-5-4-8-16(17)21(18)23/h3-13,23-24H,2H2,1H3. The van der Waals surface area contributed by atoms with Gasteiger partial charge in [0, 0.05) is 21.5 Å². The summed E-state index contributed by atoms with van der Waals surface area (Å²) in [7, 11) is 0. The minimum absolute atomic E-state index is 0.151. The minimum Gasteiger partial charge on any atom is -0.507 e. The van der Waals surface area contributed by atoms with E-state index in [9.17, 15) is 10.2 Å². The van der Waals surface area contributed by atoms with Crippen molar-refractivity contribution in [2.75, 3.05) is 0 Å². The number of benzene rings is 4. The largest absolute Gasteiger partial charge is 0.507 e. The van der Waals surface area contributed by atoms with Gasteiger partial charge in [0.25, 0.3) is 0 Å². The molecule has 0 radical (unpaired) electrons. The highest BCUT2D eigenvalue weighted by Gasteiger charge is 2.13. The second kappa shape index (κ2) is 6.02. The van der Waals surface area contributed by atoms with Gasteiger partial charge in [-0.2, -0.15) is 0 Å². The molecule has 0 saturated heterocycles. The van der Waals surface area contributed by atoms with Gasteiger partial charge in [0.05, 0.1) is 0 Å². The minimum atomic E-state index is 0.151. The molecule has 4 aromatic carbocycles. The number of hydrogen-bond donors (Lipinski definition) is 2. The molecule has 3 heteroatoms. The summed E-state index contributed by atoms with van der Waals surface area (Å²) >= 11 is 0. The number of aryl methyl sites for hydroxylation is 1. The van der Waals surface area contributed by atoms with Crippen LogP contribution in [0.1, 0.15) is 12.5 Å². The van der Waals surface area contributed by atoms with Crippen LogP contribution < -0.4 is 4.74 Å². The first kappa shape index (κ1) is 15.3. The molecule has 0 heterocycles. The third kappa shape index (κ3) is 2.54. The lowest BCUT2D eigenvalue weighted by molar-refractivity contribution is 0.472. The van der Waals surface area contributed by atoms with Crippen LogP contribution in [-0.2, 0) is 6.42 Å². The summed E-state index contributed by atoms with van der Waals surface area (Å²) < 4.78 is 6.02. The highest BCUT2D eigenvalue weighted by molar-refractivity contribution is 6.10. The Morgan fingerprint density at radius 3 is 2.04 bits per heavy atom. The summed E-state index contributed by atoms with van der Waals surface area (Å²) in [6.45, 7) is 2.08. The van der Waals surface area contributed by atoms with Gasteiger partial charge in [-0.25, -0.2) is 0 Å². The molecule has 0 aromatic heterocycles. The molecule has 124 valence electrons. The third-order valence-electron chi connectivity index (χ3n) is 4.52. The highest BCUT2D eigenvalue weighted by atomic mass is 16.5. The lowest BCUT2D eigenvalue weighted by atomic mass is 10.0. The molecule has 0 aliphatic rings. The summed E-state index contributed by atoms with van der Waals surface area (Å²) in [6, 6.07) is 20.5. The molecule has 0 bridgehead atoms. The van der Waals surface area contributed by atoms with Crippen molar-refractivity contribution in [3.63, 3.8) is 0 Å². The Morgan fingerprint density at radius 1 is 0.720 bits per heavy atom. The Kier molecular flexibility index (Phi) is 3.69. The van der Waals surface area contributed by atoms with Gasteiger partial charge in [-0.1, -0.05) is 49.4 Å². The monoisotopic (exact) mass is 330 g/mol. The zero-order chi connectivity index (χ0) is 17.4.